The highest BCUT2D eigenvalue weighted by Gasteiger charge is 2.42. The topological polar surface area (TPSA) is 93.7 Å². The number of nitrogens with zero attached hydrogens (tertiary/aromatic N) is 5. The van der Waals surface area contributed by atoms with E-state index in [2.05, 4.69) is 56.7 Å². The maximum atomic E-state index is 12.7. The van der Waals surface area contributed by atoms with Gasteiger partial charge in [0.2, 0.25) is 16.0 Å². The fourth-order valence-corrected chi connectivity index (χ4v) is 7.08. The molecule has 2 N–H and O–H groups in total. The minimum absolute atomic E-state index is 0.00314. The van der Waals surface area contributed by atoms with Gasteiger partial charge in [-0.05, 0) is 56.1 Å². The molecule has 9 nitrogen and oxygen atoms in total. The summed E-state index contributed by atoms with van der Waals surface area (Å²) >= 11 is 0. The summed E-state index contributed by atoms with van der Waals surface area (Å²) in [6, 6.07) is 18.4. The zero-order valence-electron chi connectivity index (χ0n) is 21.8. The van der Waals surface area contributed by atoms with E-state index >= 15 is 0 Å². The number of nitrogens with one attached hydrogen (secondary N) is 2. The van der Waals surface area contributed by atoms with Crippen molar-refractivity contribution in [2.45, 2.75) is 30.6 Å². The molecule has 0 spiro atoms. The van der Waals surface area contributed by atoms with Gasteiger partial charge in [-0.2, -0.15) is 9.29 Å². The zero-order chi connectivity index (χ0) is 26.1. The van der Waals surface area contributed by atoms with Crippen molar-refractivity contribution in [1.82, 2.24) is 19.2 Å². The molecule has 1 aliphatic carbocycles. The van der Waals surface area contributed by atoms with E-state index in [1.807, 2.05) is 36.5 Å². The summed E-state index contributed by atoms with van der Waals surface area (Å²) in [5.41, 5.74) is 4.05. The van der Waals surface area contributed by atoms with Gasteiger partial charge in [0.15, 0.2) is 0 Å². The van der Waals surface area contributed by atoms with E-state index in [4.69, 9.17) is 4.98 Å². The van der Waals surface area contributed by atoms with Crippen molar-refractivity contribution >= 4 is 33.2 Å². The van der Waals surface area contributed by atoms with Crippen molar-refractivity contribution in [3.05, 3.63) is 60.8 Å². The van der Waals surface area contributed by atoms with Crippen LogP contribution in [0.2, 0.25) is 0 Å². The van der Waals surface area contributed by atoms with Crippen LogP contribution >= 0.6 is 0 Å². The molecule has 0 amide bonds. The Morgan fingerprint density at radius 2 is 1.63 bits per heavy atom. The summed E-state index contributed by atoms with van der Waals surface area (Å²) in [6.45, 7) is 5.22. The number of benzene rings is 2. The van der Waals surface area contributed by atoms with Gasteiger partial charge < -0.3 is 20.4 Å². The number of anilines is 4. The first kappa shape index (κ1) is 25.1. The highest BCUT2D eigenvalue weighted by molar-refractivity contribution is 7.90. The van der Waals surface area contributed by atoms with Gasteiger partial charge >= 0.3 is 0 Å². The zero-order valence-corrected chi connectivity index (χ0v) is 22.6. The van der Waals surface area contributed by atoms with Crippen molar-refractivity contribution in [2.75, 3.05) is 61.8 Å². The van der Waals surface area contributed by atoms with Crippen LogP contribution in [0.5, 0.6) is 0 Å². The minimum atomic E-state index is -3.17. The predicted molar refractivity (Wildman–Crippen MR) is 152 cm³/mol. The third kappa shape index (κ3) is 5.48. The van der Waals surface area contributed by atoms with Crippen LogP contribution in [-0.2, 0) is 10.0 Å². The minimum Gasteiger partial charge on any atom is -0.369 e. The Balaban J connectivity index is 1.19. The number of sulfonamides is 1. The summed E-state index contributed by atoms with van der Waals surface area (Å²) < 4.78 is 27.1. The lowest BCUT2D eigenvalue weighted by molar-refractivity contribution is 0.313. The van der Waals surface area contributed by atoms with E-state index in [9.17, 15) is 8.42 Å². The standard InChI is InChI=1S/C28H35N7O2S/c1-33-15-17-34(18-16-33)24-9-7-22(8-10-24)31-28-29-19-26(21-5-3-2-4-6-21)27(32-28)30-23-13-14-35(20-23)38(36,37)25-11-12-25/h2-10,19,23,25H,11-18,20H2,1H3,(H2,29,30,31,32)/t23-/m0/s1. The number of likely N-dealkylation sites (N-methyl/N-ethyl adjacent to an activating group) is 1. The van der Waals surface area contributed by atoms with Gasteiger partial charge in [-0.3, -0.25) is 0 Å². The van der Waals surface area contributed by atoms with Gasteiger partial charge in [0.25, 0.3) is 0 Å². The first-order chi connectivity index (χ1) is 18.5. The third-order valence-corrected chi connectivity index (χ3v) is 10.0. The molecule has 6 rings (SSSR count). The molecule has 3 heterocycles. The third-order valence-electron chi connectivity index (χ3n) is 7.66. The molecule has 0 radical (unpaired) electrons. The Kier molecular flexibility index (Phi) is 6.94. The van der Waals surface area contributed by atoms with E-state index in [0.717, 1.165) is 62.3 Å². The number of rotatable bonds is 8. The van der Waals surface area contributed by atoms with Crippen molar-refractivity contribution in [1.29, 1.82) is 0 Å². The van der Waals surface area contributed by atoms with Gasteiger partial charge in [-0.1, -0.05) is 30.3 Å². The average Bonchev–Trinajstić information content (AvgIpc) is 3.70. The fraction of sp³-hybridized carbons (Fsp3) is 0.429. The molecule has 3 aliphatic rings. The monoisotopic (exact) mass is 533 g/mol. The molecule has 0 unspecified atom stereocenters. The van der Waals surface area contributed by atoms with Crippen LogP contribution in [0.1, 0.15) is 19.3 Å². The Labute approximate surface area is 224 Å². The molecule has 1 saturated carbocycles. The number of hydrogen-bond acceptors (Lipinski definition) is 8. The molecule has 1 atom stereocenters. The molecule has 200 valence electrons. The smallest absolute Gasteiger partial charge is 0.229 e. The molecule has 1 aromatic heterocycles. The second kappa shape index (κ2) is 10.5. The van der Waals surface area contributed by atoms with Crippen LogP contribution in [0.25, 0.3) is 11.1 Å². The van der Waals surface area contributed by atoms with E-state index in [1.54, 1.807) is 4.31 Å². The summed E-state index contributed by atoms with van der Waals surface area (Å²) in [6.07, 6.45) is 4.15. The lowest BCUT2D eigenvalue weighted by atomic mass is 10.1. The van der Waals surface area contributed by atoms with Gasteiger partial charge in [0, 0.05) is 68.4 Å². The fourth-order valence-electron chi connectivity index (χ4n) is 5.18. The second-order valence-electron chi connectivity index (χ2n) is 10.5. The molecular weight excluding hydrogens is 498 g/mol. The Hall–Kier alpha value is -3.21. The molecule has 3 aromatic rings. The van der Waals surface area contributed by atoms with Gasteiger partial charge in [0.05, 0.1) is 5.25 Å². The molecule has 2 aromatic carbocycles. The van der Waals surface area contributed by atoms with Crippen molar-refractivity contribution in [3.63, 3.8) is 0 Å². The number of aromatic nitrogens is 2. The SMILES string of the molecule is CN1CCN(c2ccc(Nc3ncc(-c4ccccc4)c(N[C@H]4CCN(S(=O)(=O)C5CC5)C4)n3)cc2)CC1. The summed E-state index contributed by atoms with van der Waals surface area (Å²) in [7, 11) is -1.01. The van der Waals surface area contributed by atoms with Crippen LogP contribution < -0.4 is 15.5 Å². The molecule has 0 bridgehead atoms. The van der Waals surface area contributed by atoms with Crippen LogP contribution in [-0.4, -0.2) is 85.2 Å². The largest absolute Gasteiger partial charge is 0.369 e. The highest BCUT2D eigenvalue weighted by atomic mass is 32.2. The Morgan fingerprint density at radius 1 is 0.895 bits per heavy atom. The average molecular weight is 534 g/mol. The van der Waals surface area contributed by atoms with E-state index in [0.29, 0.717) is 24.9 Å². The van der Waals surface area contributed by atoms with Crippen LogP contribution in [0, 0.1) is 0 Å². The van der Waals surface area contributed by atoms with Crippen LogP contribution in [0.3, 0.4) is 0 Å². The molecule has 10 heteroatoms. The summed E-state index contributed by atoms with van der Waals surface area (Å²) in [5, 5.41) is 6.71. The van der Waals surface area contributed by atoms with Crippen molar-refractivity contribution in [3.8, 4) is 11.1 Å². The highest BCUT2D eigenvalue weighted by Crippen LogP contribution is 2.34. The van der Waals surface area contributed by atoms with Crippen molar-refractivity contribution in [2.24, 2.45) is 0 Å². The van der Waals surface area contributed by atoms with E-state index < -0.39 is 10.0 Å². The predicted octanol–water partition coefficient (Wildman–Crippen LogP) is 3.62. The van der Waals surface area contributed by atoms with Gasteiger partial charge in [-0.25, -0.2) is 13.4 Å². The van der Waals surface area contributed by atoms with Crippen LogP contribution in [0.4, 0.5) is 23.1 Å². The Morgan fingerprint density at radius 3 is 2.34 bits per heavy atom. The van der Waals surface area contributed by atoms with Gasteiger partial charge in [-0.15, -0.1) is 0 Å². The lowest BCUT2D eigenvalue weighted by Crippen LogP contribution is -2.44. The van der Waals surface area contributed by atoms with Crippen molar-refractivity contribution < 1.29 is 8.42 Å². The molecule has 38 heavy (non-hydrogen) atoms. The molecular formula is C28H35N7O2S. The maximum absolute atomic E-state index is 12.7. The molecule has 3 fully saturated rings. The van der Waals surface area contributed by atoms with E-state index in [-0.39, 0.29) is 11.3 Å². The Bertz CT molecular complexity index is 1360. The van der Waals surface area contributed by atoms with Crippen LogP contribution in [0.15, 0.2) is 60.8 Å². The normalized spacial score (nSPS) is 21.0. The van der Waals surface area contributed by atoms with Gasteiger partial charge in [0.1, 0.15) is 5.82 Å². The molecule has 2 saturated heterocycles. The summed E-state index contributed by atoms with van der Waals surface area (Å²) in [4.78, 5) is 14.2. The van der Waals surface area contributed by atoms with E-state index in [1.165, 1.54) is 5.69 Å². The first-order valence-electron chi connectivity index (χ1n) is 13.4. The molecule has 2 aliphatic heterocycles. The maximum Gasteiger partial charge on any atom is 0.229 e. The quantitative estimate of drug-likeness (QED) is 0.454. The first-order valence-corrected chi connectivity index (χ1v) is 14.9. The lowest BCUT2D eigenvalue weighted by Gasteiger charge is -2.34. The summed E-state index contributed by atoms with van der Waals surface area (Å²) in [5.74, 6) is 1.21. The number of hydrogen-bond donors (Lipinski definition) is 2. The second-order valence-corrected chi connectivity index (χ2v) is 12.7. The number of piperazine rings is 1.